The van der Waals surface area contributed by atoms with Gasteiger partial charge in [0.05, 0.1) is 16.7 Å². The van der Waals surface area contributed by atoms with Crippen LogP contribution < -0.4 is 0 Å². The van der Waals surface area contributed by atoms with Crippen LogP contribution in [-0.4, -0.2) is 4.57 Å². The van der Waals surface area contributed by atoms with E-state index in [2.05, 4.69) is 168 Å². The maximum absolute atomic E-state index is 6.62. The molecule has 0 unspecified atom stereocenters. The molecule has 0 saturated carbocycles. The van der Waals surface area contributed by atoms with E-state index in [1.807, 2.05) is 0 Å². The second-order valence-electron chi connectivity index (χ2n) is 11.4. The summed E-state index contributed by atoms with van der Waals surface area (Å²) in [4.78, 5) is 0. The lowest BCUT2D eigenvalue weighted by molar-refractivity contribution is 0.666. The molecular weight excluding hydrogens is 534 g/mol. The first-order chi connectivity index (χ1) is 21.8. The van der Waals surface area contributed by atoms with Crippen molar-refractivity contribution in [2.75, 3.05) is 0 Å². The van der Waals surface area contributed by atoms with E-state index in [0.717, 1.165) is 27.6 Å². The maximum atomic E-state index is 6.62. The van der Waals surface area contributed by atoms with Gasteiger partial charge in [-0.1, -0.05) is 127 Å². The molecule has 9 rings (SSSR count). The zero-order chi connectivity index (χ0) is 29.0. The summed E-state index contributed by atoms with van der Waals surface area (Å²) in [6.45, 7) is 0. The summed E-state index contributed by atoms with van der Waals surface area (Å²) >= 11 is 0. The van der Waals surface area contributed by atoms with Crippen LogP contribution in [0.25, 0.3) is 82.8 Å². The molecule has 0 fully saturated rings. The molecule has 2 aromatic heterocycles. The fourth-order valence-electron chi connectivity index (χ4n) is 6.69. The molecule has 7 aromatic carbocycles. The Labute approximate surface area is 255 Å². The monoisotopic (exact) mass is 561 g/mol. The second kappa shape index (κ2) is 9.86. The van der Waals surface area contributed by atoms with Crippen LogP contribution >= 0.6 is 0 Å². The van der Waals surface area contributed by atoms with E-state index in [-0.39, 0.29) is 0 Å². The number of nitrogens with zero attached hydrogens (tertiary/aromatic N) is 1. The summed E-state index contributed by atoms with van der Waals surface area (Å²) in [6.07, 6.45) is 0. The Morgan fingerprint density at radius 3 is 1.57 bits per heavy atom. The molecule has 9 aromatic rings. The molecule has 0 bridgehead atoms. The van der Waals surface area contributed by atoms with Crippen LogP contribution in [0.15, 0.2) is 168 Å². The highest BCUT2D eigenvalue weighted by atomic mass is 16.3. The minimum atomic E-state index is 0.893. The summed E-state index contributed by atoms with van der Waals surface area (Å²) in [7, 11) is 0. The van der Waals surface area contributed by atoms with E-state index in [1.54, 1.807) is 0 Å². The lowest BCUT2D eigenvalue weighted by Gasteiger charge is -2.08. The summed E-state index contributed by atoms with van der Waals surface area (Å²) in [5.74, 6) is 0. The number of rotatable bonds is 4. The molecule has 0 saturated heterocycles. The third-order valence-corrected chi connectivity index (χ3v) is 8.82. The molecule has 2 heteroatoms. The van der Waals surface area contributed by atoms with Gasteiger partial charge in [0, 0.05) is 21.5 Å². The number of benzene rings is 7. The van der Waals surface area contributed by atoms with Crippen molar-refractivity contribution >= 4 is 43.7 Å². The smallest absolute Gasteiger partial charge is 0.159 e. The fraction of sp³-hybridized carbons (Fsp3) is 0. The zero-order valence-corrected chi connectivity index (χ0v) is 23.9. The molecule has 0 aliphatic heterocycles. The quantitative estimate of drug-likeness (QED) is 0.209. The topological polar surface area (TPSA) is 18.1 Å². The number of para-hydroxylation sites is 3. The molecule has 2 nitrogen and oxygen atoms in total. The molecule has 0 radical (unpaired) electrons. The first kappa shape index (κ1) is 24.7. The molecule has 0 aliphatic rings. The van der Waals surface area contributed by atoms with Gasteiger partial charge in [0.2, 0.25) is 0 Å². The third kappa shape index (κ3) is 3.89. The predicted molar refractivity (Wildman–Crippen MR) is 184 cm³/mol. The fourth-order valence-corrected chi connectivity index (χ4v) is 6.69. The Morgan fingerprint density at radius 2 is 0.841 bits per heavy atom. The molecule has 0 amide bonds. The van der Waals surface area contributed by atoms with Crippen molar-refractivity contribution in [3.8, 4) is 39.1 Å². The van der Waals surface area contributed by atoms with E-state index in [4.69, 9.17) is 4.42 Å². The van der Waals surface area contributed by atoms with Crippen molar-refractivity contribution in [3.05, 3.63) is 164 Å². The van der Waals surface area contributed by atoms with Crippen LogP contribution in [0.2, 0.25) is 0 Å². The number of fused-ring (bicyclic) bond motifs is 6. The van der Waals surface area contributed by atoms with E-state index in [1.165, 1.54) is 55.2 Å². The molecule has 0 spiro atoms. The Morgan fingerprint density at radius 1 is 0.341 bits per heavy atom. The molecule has 2 heterocycles. The molecule has 0 aliphatic carbocycles. The summed E-state index contributed by atoms with van der Waals surface area (Å²) in [5, 5.41) is 4.73. The van der Waals surface area contributed by atoms with Crippen molar-refractivity contribution in [1.29, 1.82) is 0 Å². The van der Waals surface area contributed by atoms with Gasteiger partial charge < -0.3 is 8.98 Å². The van der Waals surface area contributed by atoms with E-state index in [9.17, 15) is 0 Å². The van der Waals surface area contributed by atoms with Crippen LogP contribution in [0.3, 0.4) is 0 Å². The van der Waals surface area contributed by atoms with Gasteiger partial charge in [0.25, 0.3) is 0 Å². The average Bonchev–Trinajstić information content (AvgIpc) is 3.64. The van der Waals surface area contributed by atoms with Gasteiger partial charge >= 0.3 is 0 Å². The Kier molecular flexibility index (Phi) is 5.54. The highest BCUT2D eigenvalue weighted by Crippen LogP contribution is 2.39. The molecule has 44 heavy (non-hydrogen) atoms. The van der Waals surface area contributed by atoms with E-state index in [0.29, 0.717) is 0 Å². The summed E-state index contributed by atoms with van der Waals surface area (Å²) < 4.78 is 8.95. The van der Waals surface area contributed by atoms with Gasteiger partial charge in [-0.15, -0.1) is 0 Å². The Hall–Kier alpha value is -5.86. The van der Waals surface area contributed by atoms with E-state index >= 15 is 0 Å². The molecular formula is C42H27NO. The van der Waals surface area contributed by atoms with Gasteiger partial charge in [-0.3, -0.25) is 0 Å². The second-order valence-corrected chi connectivity index (χ2v) is 11.4. The van der Waals surface area contributed by atoms with Gasteiger partial charge in [-0.25, -0.2) is 0 Å². The molecule has 206 valence electrons. The van der Waals surface area contributed by atoms with Crippen LogP contribution in [0.1, 0.15) is 0 Å². The highest BCUT2D eigenvalue weighted by Gasteiger charge is 2.17. The molecule has 0 atom stereocenters. The third-order valence-electron chi connectivity index (χ3n) is 8.82. The zero-order valence-electron chi connectivity index (χ0n) is 23.9. The lowest BCUT2D eigenvalue weighted by Crippen LogP contribution is -1.93. The number of hydrogen-bond donors (Lipinski definition) is 0. The average molecular weight is 562 g/mol. The number of furan rings is 1. The largest absolute Gasteiger partial charge is 0.454 e. The van der Waals surface area contributed by atoms with Crippen LogP contribution in [-0.2, 0) is 0 Å². The van der Waals surface area contributed by atoms with Gasteiger partial charge in [-0.05, 0) is 69.8 Å². The molecule has 0 N–H and O–H groups in total. The Bertz CT molecular complexity index is 2430. The maximum Gasteiger partial charge on any atom is 0.159 e. The number of hydrogen-bond acceptors (Lipinski definition) is 1. The van der Waals surface area contributed by atoms with Crippen molar-refractivity contribution in [2.24, 2.45) is 0 Å². The van der Waals surface area contributed by atoms with Crippen molar-refractivity contribution in [1.82, 2.24) is 4.57 Å². The minimum absolute atomic E-state index is 0.893. The Balaban J connectivity index is 1.15. The first-order valence-electron chi connectivity index (χ1n) is 15.0. The summed E-state index contributed by atoms with van der Waals surface area (Å²) in [5.41, 5.74) is 12.4. The van der Waals surface area contributed by atoms with Crippen molar-refractivity contribution < 1.29 is 4.42 Å². The first-order valence-corrected chi connectivity index (χ1v) is 15.0. The van der Waals surface area contributed by atoms with Crippen LogP contribution in [0, 0.1) is 0 Å². The standard InChI is InChI=1S/C42H27NO/c1-2-10-28(11-3-1)29-20-22-30(23-21-29)31-12-8-13-32(26-31)33-24-25-41-37(27-33)36-16-9-19-40(42(36)44-41)43-38-17-6-4-14-34(38)35-15-5-7-18-39(35)43/h1-27H. The van der Waals surface area contributed by atoms with Gasteiger partial charge in [0.15, 0.2) is 5.58 Å². The van der Waals surface area contributed by atoms with Crippen molar-refractivity contribution in [2.45, 2.75) is 0 Å². The van der Waals surface area contributed by atoms with Crippen LogP contribution in [0.4, 0.5) is 0 Å². The van der Waals surface area contributed by atoms with E-state index < -0.39 is 0 Å². The normalized spacial score (nSPS) is 11.6. The van der Waals surface area contributed by atoms with Gasteiger partial charge in [-0.2, -0.15) is 0 Å². The lowest BCUT2D eigenvalue weighted by atomic mass is 9.96. The van der Waals surface area contributed by atoms with Crippen LogP contribution in [0.5, 0.6) is 0 Å². The SMILES string of the molecule is c1ccc(-c2ccc(-c3cccc(-c4ccc5oc6c(-n7c8ccccc8c8ccccc87)cccc6c5c4)c3)cc2)cc1. The summed E-state index contributed by atoms with van der Waals surface area (Å²) in [6, 6.07) is 58.4. The predicted octanol–water partition coefficient (Wildman–Crippen LogP) is 11.7. The van der Waals surface area contributed by atoms with Crippen molar-refractivity contribution in [3.63, 3.8) is 0 Å². The highest BCUT2D eigenvalue weighted by molar-refractivity contribution is 6.13. The minimum Gasteiger partial charge on any atom is -0.454 e. The van der Waals surface area contributed by atoms with Gasteiger partial charge in [0.1, 0.15) is 5.58 Å². The number of aromatic nitrogens is 1.